The normalized spacial score (nSPS) is 18.2. The van der Waals surface area contributed by atoms with E-state index >= 15 is 0 Å². The third kappa shape index (κ3) is 4.39. The number of anilines is 1. The number of aromatic nitrogens is 2. The van der Waals surface area contributed by atoms with Crippen molar-refractivity contribution >= 4 is 28.5 Å². The zero-order chi connectivity index (χ0) is 23.5. The van der Waals surface area contributed by atoms with E-state index in [2.05, 4.69) is 15.3 Å². The van der Waals surface area contributed by atoms with E-state index in [1.165, 1.54) is 6.07 Å². The van der Waals surface area contributed by atoms with E-state index < -0.39 is 5.41 Å². The van der Waals surface area contributed by atoms with Crippen LogP contribution in [0.25, 0.3) is 11.0 Å². The molecule has 1 aliphatic heterocycles. The molecule has 7 heteroatoms. The number of hydrogen-bond donors (Lipinski definition) is 1. The van der Waals surface area contributed by atoms with Crippen molar-refractivity contribution in [3.63, 3.8) is 0 Å². The Bertz CT molecular complexity index is 1200. The van der Waals surface area contributed by atoms with Crippen LogP contribution in [0.1, 0.15) is 50.5 Å². The SMILES string of the molecule is O=C(CC1CCN(C(=O)C2(c3ccccc3F)CCCC2)CC1)Nc1ccc2nccnc2c1. The minimum atomic E-state index is -0.742. The fourth-order valence-electron chi connectivity index (χ4n) is 5.58. The minimum absolute atomic E-state index is 0.0355. The van der Waals surface area contributed by atoms with Gasteiger partial charge in [-0.3, -0.25) is 19.6 Å². The molecule has 2 aliphatic rings. The van der Waals surface area contributed by atoms with Crippen molar-refractivity contribution in [3.8, 4) is 0 Å². The Labute approximate surface area is 198 Å². The number of fused-ring (bicyclic) bond motifs is 1. The Kier molecular flexibility index (Phi) is 6.26. The molecule has 176 valence electrons. The van der Waals surface area contributed by atoms with Crippen LogP contribution in [0.5, 0.6) is 0 Å². The van der Waals surface area contributed by atoms with E-state index in [0.29, 0.717) is 43.6 Å². The van der Waals surface area contributed by atoms with E-state index in [1.54, 1.807) is 24.5 Å². The number of rotatable bonds is 5. The Balaban J connectivity index is 1.19. The predicted octanol–water partition coefficient (Wildman–Crippen LogP) is 4.85. The topological polar surface area (TPSA) is 75.2 Å². The minimum Gasteiger partial charge on any atom is -0.342 e. The summed E-state index contributed by atoms with van der Waals surface area (Å²) < 4.78 is 14.7. The molecule has 3 aromatic rings. The van der Waals surface area contributed by atoms with Crippen LogP contribution in [0, 0.1) is 11.7 Å². The first-order valence-corrected chi connectivity index (χ1v) is 12.1. The van der Waals surface area contributed by atoms with Crippen LogP contribution >= 0.6 is 0 Å². The fourth-order valence-corrected chi connectivity index (χ4v) is 5.58. The largest absolute Gasteiger partial charge is 0.342 e. The molecule has 2 aromatic carbocycles. The summed E-state index contributed by atoms with van der Waals surface area (Å²) in [5.74, 6) is -0.0526. The van der Waals surface area contributed by atoms with Gasteiger partial charge in [-0.15, -0.1) is 0 Å². The molecule has 5 rings (SSSR count). The highest BCUT2D eigenvalue weighted by Crippen LogP contribution is 2.44. The molecule has 1 saturated carbocycles. The van der Waals surface area contributed by atoms with Crippen molar-refractivity contribution in [3.05, 3.63) is 66.2 Å². The van der Waals surface area contributed by atoms with Gasteiger partial charge >= 0.3 is 0 Å². The third-order valence-electron chi connectivity index (χ3n) is 7.38. The Morgan fingerprint density at radius 2 is 1.71 bits per heavy atom. The van der Waals surface area contributed by atoms with E-state index in [9.17, 15) is 14.0 Å². The maximum Gasteiger partial charge on any atom is 0.233 e. The van der Waals surface area contributed by atoms with Gasteiger partial charge in [0.2, 0.25) is 11.8 Å². The summed E-state index contributed by atoms with van der Waals surface area (Å²) in [5.41, 5.74) is 2.03. The second kappa shape index (κ2) is 9.49. The van der Waals surface area contributed by atoms with Crippen LogP contribution in [-0.2, 0) is 15.0 Å². The molecule has 1 saturated heterocycles. The first-order valence-electron chi connectivity index (χ1n) is 12.1. The number of amides is 2. The first kappa shape index (κ1) is 22.4. The van der Waals surface area contributed by atoms with Gasteiger partial charge in [-0.05, 0) is 55.9 Å². The van der Waals surface area contributed by atoms with Crippen LogP contribution in [0.15, 0.2) is 54.9 Å². The highest BCUT2D eigenvalue weighted by molar-refractivity contribution is 5.93. The van der Waals surface area contributed by atoms with E-state index in [1.807, 2.05) is 29.2 Å². The lowest BCUT2D eigenvalue weighted by molar-refractivity contribution is -0.139. The van der Waals surface area contributed by atoms with Crippen LogP contribution in [0.3, 0.4) is 0 Å². The summed E-state index contributed by atoms with van der Waals surface area (Å²) in [6, 6.07) is 12.2. The number of likely N-dealkylation sites (tertiary alicyclic amines) is 1. The monoisotopic (exact) mass is 460 g/mol. The van der Waals surface area contributed by atoms with Gasteiger partial charge in [-0.1, -0.05) is 31.0 Å². The lowest BCUT2D eigenvalue weighted by atomic mass is 9.76. The summed E-state index contributed by atoms with van der Waals surface area (Å²) in [7, 11) is 0. The molecule has 0 spiro atoms. The smallest absolute Gasteiger partial charge is 0.233 e. The maximum atomic E-state index is 14.7. The molecule has 0 radical (unpaired) electrons. The molecule has 0 atom stereocenters. The highest BCUT2D eigenvalue weighted by Gasteiger charge is 2.46. The average Bonchev–Trinajstić information content (AvgIpc) is 3.35. The van der Waals surface area contributed by atoms with Gasteiger partial charge in [0, 0.05) is 43.2 Å². The fraction of sp³-hybridized carbons (Fsp3) is 0.407. The van der Waals surface area contributed by atoms with E-state index in [0.717, 1.165) is 36.7 Å². The summed E-state index contributed by atoms with van der Waals surface area (Å²) in [6.07, 6.45) is 8.52. The van der Waals surface area contributed by atoms with Gasteiger partial charge in [-0.25, -0.2) is 4.39 Å². The molecule has 2 heterocycles. The molecule has 1 N–H and O–H groups in total. The van der Waals surface area contributed by atoms with Gasteiger partial charge in [0.1, 0.15) is 5.82 Å². The molecule has 2 amide bonds. The van der Waals surface area contributed by atoms with Crippen molar-refractivity contribution < 1.29 is 14.0 Å². The number of benzene rings is 2. The number of piperidine rings is 1. The lowest BCUT2D eigenvalue weighted by Gasteiger charge is -2.38. The molecular formula is C27H29FN4O2. The second-order valence-corrected chi connectivity index (χ2v) is 9.52. The van der Waals surface area contributed by atoms with Crippen molar-refractivity contribution in [2.75, 3.05) is 18.4 Å². The number of nitrogens with one attached hydrogen (secondary N) is 1. The van der Waals surface area contributed by atoms with Crippen LogP contribution in [0.4, 0.5) is 10.1 Å². The number of hydrogen-bond acceptors (Lipinski definition) is 4. The molecule has 0 unspecified atom stereocenters. The Morgan fingerprint density at radius 1 is 1.00 bits per heavy atom. The molecule has 34 heavy (non-hydrogen) atoms. The predicted molar refractivity (Wildman–Crippen MR) is 129 cm³/mol. The van der Waals surface area contributed by atoms with Gasteiger partial charge in [0.25, 0.3) is 0 Å². The highest BCUT2D eigenvalue weighted by atomic mass is 19.1. The van der Waals surface area contributed by atoms with Crippen molar-refractivity contribution in [1.82, 2.24) is 14.9 Å². The Morgan fingerprint density at radius 3 is 2.44 bits per heavy atom. The molecule has 1 aliphatic carbocycles. The second-order valence-electron chi connectivity index (χ2n) is 9.52. The number of carbonyl (C=O) groups is 2. The van der Waals surface area contributed by atoms with Crippen LogP contribution < -0.4 is 5.32 Å². The van der Waals surface area contributed by atoms with E-state index in [4.69, 9.17) is 0 Å². The van der Waals surface area contributed by atoms with Crippen LogP contribution in [0.2, 0.25) is 0 Å². The van der Waals surface area contributed by atoms with Gasteiger partial charge in [0.15, 0.2) is 0 Å². The van der Waals surface area contributed by atoms with Crippen molar-refractivity contribution in [2.45, 2.75) is 50.4 Å². The standard InChI is InChI=1S/C27H29FN4O2/c28-22-6-2-1-5-21(22)27(11-3-4-12-27)26(34)32-15-9-19(10-16-32)17-25(33)31-20-7-8-23-24(18-20)30-14-13-29-23/h1-2,5-8,13-14,18-19H,3-4,9-12,15-17H2,(H,31,33). The van der Waals surface area contributed by atoms with Gasteiger partial charge in [-0.2, -0.15) is 0 Å². The quantitative estimate of drug-likeness (QED) is 0.591. The first-order chi connectivity index (χ1) is 16.5. The molecule has 0 bridgehead atoms. The summed E-state index contributed by atoms with van der Waals surface area (Å²) in [4.78, 5) is 36.7. The van der Waals surface area contributed by atoms with Crippen molar-refractivity contribution in [2.24, 2.45) is 5.92 Å². The third-order valence-corrected chi connectivity index (χ3v) is 7.38. The molecule has 6 nitrogen and oxygen atoms in total. The van der Waals surface area contributed by atoms with Crippen molar-refractivity contribution in [1.29, 1.82) is 0 Å². The summed E-state index contributed by atoms with van der Waals surface area (Å²) in [6.45, 7) is 1.22. The van der Waals surface area contributed by atoms with E-state index in [-0.39, 0.29) is 23.5 Å². The average molecular weight is 461 g/mol. The zero-order valence-electron chi connectivity index (χ0n) is 19.2. The molecule has 1 aromatic heterocycles. The lowest BCUT2D eigenvalue weighted by Crippen LogP contribution is -2.49. The number of halogens is 1. The van der Waals surface area contributed by atoms with Crippen LogP contribution in [-0.4, -0.2) is 39.8 Å². The van der Waals surface area contributed by atoms with Gasteiger partial charge in [0.05, 0.1) is 16.4 Å². The Hall–Kier alpha value is -3.35. The summed E-state index contributed by atoms with van der Waals surface area (Å²) in [5, 5.41) is 2.96. The van der Waals surface area contributed by atoms with Gasteiger partial charge < -0.3 is 10.2 Å². The number of carbonyl (C=O) groups excluding carboxylic acids is 2. The zero-order valence-corrected chi connectivity index (χ0v) is 19.2. The summed E-state index contributed by atoms with van der Waals surface area (Å²) >= 11 is 0. The maximum absolute atomic E-state index is 14.7. The number of nitrogens with zero attached hydrogens (tertiary/aromatic N) is 3. The molecule has 2 fully saturated rings. The molecular weight excluding hydrogens is 431 g/mol.